The Morgan fingerprint density at radius 3 is 2.50 bits per heavy atom. The first-order valence-corrected chi connectivity index (χ1v) is 6.83. The summed E-state index contributed by atoms with van der Waals surface area (Å²) >= 11 is 0. The molecule has 0 saturated heterocycles. The van der Waals surface area contributed by atoms with Crippen molar-refractivity contribution >= 4 is 5.91 Å². The lowest BCUT2D eigenvalue weighted by Crippen LogP contribution is -2.25. The van der Waals surface area contributed by atoms with Crippen LogP contribution >= 0.6 is 0 Å². The molecule has 2 rings (SSSR count). The topological polar surface area (TPSA) is 51.7 Å². The molecular weight excluding hydrogens is 256 g/mol. The second-order valence-electron chi connectivity index (χ2n) is 6.25. The monoisotopic (exact) mass is 278 g/mol. The summed E-state index contributed by atoms with van der Waals surface area (Å²) in [6.45, 7) is 5.90. The van der Waals surface area contributed by atoms with Crippen molar-refractivity contribution < 1.29 is 14.3 Å². The molecule has 5 heteroatoms. The molecule has 5 nitrogen and oxygen atoms in total. The molecule has 0 N–H and O–H groups in total. The first-order chi connectivity index (χ1) is 9.26. The average molecular weight is 278 g/mol. The SMILES string of the molecule is CN(C)C(=O)c1ncc(OC(C)(C)C)cc1OC1CC1. The number of aromatic nitrogens is 1. The van der Waals surface area contributed by atoms with E-state index in [1.54, 1.807) is 26.4 Å². The Kier molecular flexibility index (Phi) is 3.88. The van der Waals surface area contributed by atoms with Crippen LogP contribution in [0.4, 0.5) is 0 Å². The number of rotatable bonds is 4. The molecule has 1 amide bonds. The fourth-order valence-electron chi connectivity index (χ4n) is 1.66. The van der Waals surface area contributed by atoms with Gasteiger partial charge in [-0.15, -0.1) is 0 Å². The molecule has 1 aliphatic rings. The van der Waals surface area contributed by atoms with Crippen LogP contribution in [0.25, 0.3) is 0 Å². The number of hydrogen-bond acceptors (Lipinski definition) is 4. The van der Waals surface area contributed by atoms with Gasteiger partial charge in [0.15, 0.2) is 11.4 Å². The summed E-state index contributed by atoms with van der Waals surface area (Å²) in [6, 6.07) is 1.76. The smallest absolute Gasteiger partial charge is 0.275 e. The summed E-state index contributed by atoms with van der Waals surface area (Å²) in [6.07, 6.45) is 3.83. The third kappa shape index (κ3) is 3.85. The Morgan fingerprint density at radius 2 is 2.00 bits per heavy atom. The summed E-state index contributed by atoms with van der Waals surface area (Å²) in [5.41, 5.74) is 0.0224. The van der Waals surface area contributed by atoms with Crippen molar-refractivity contribution in [3.8, 4) is 11.5 Å². The van der Waals surface area contributed by atoms with Crippen LogP contribution in [0.5, 0.6) is 11.5 Å². The van der Waals surface area contributed by atoms with Gasteiger partial charge in [0.25, 0.3) is 5.91 Å². The molecule has 1 aliphatic carbocycles. The number of amides is 1. The van der Waals surface area contributed by atoms with Crippen molar-refractivity contribution in [3.05, 3.63) is 18.0 Å². The van der Waals surface area contributed by atoms with E-state index < -0.39 is 0 Å². The van der Waals surface area contributed by atoms with Gasteiger partial charge >= 0.3 is 0 Å². The Bertz CT molecular complexity index is 502. The average Bonchev–Trinajstić information content (AvgIpc) is 3.10. The number of nitrogens with zero attached hydrogens (tertiary/aromatic N) is 2. The third-order valence-electron chi connectivity index (χ3n) is 2.68. The van der Waals surface area contributed by atoms with E-state index in [9.17, 15) is 4.79 Å². The first kappa shape index (κ1) is 14.6. The van der Waals surface area contributed by atoms with Crippen LogP contribution in [0, 0.1) is 0 Å². The van der Waals surface area contributed by atoms with Gasteiger partial charge in [0.2, 0.25) is 0 Å². The van der Waals surface area contributed by atoms with Gasteiger partial charge in [-0.2, -0.15) is 0 Å². The van der Waals surface area contributed by atoms with E-state index in [2.05, 4.69) is 4.98 Å². The molecule has 1 saturated carbocycles. The fraction of sp³-hybridized carbons (Fsp3) is 0.600. The largest absolute Gasteiger partial charge is 0.488 e. The molecule has 1 fully saturated rings. The summed E-state index contributed by atoms with van der Waals surface area (Å²) in [4.78, 5) is 17.8. The summed E-state index contributed by atoms with van der Waals surface area (Å²) in [7, 11) is 3.40. The van der Waals surface area contributed by atoms with E-state index in [0.717, 1.165) is 12.8 Å². The van der Waals surface area contributed by atoms with E-state index in [0.29, 0.717) is 17.2 Å². The Labute approximate surface area is 119 Å². The molecule has 20 heavy (non-hydrogen) atoms. The number of ether oxygens (including phenoxy) is 2. The predicted octanol–water partition coefficient (Wildman–Crippen LogP) is 2.50. The highest BCUT2D eigenvalue weighted by atomic mass is 16.5. The number of hydrogen-bond donors (Lipinski definition) is 0. The molecule has 0 aliphatic heterocycles. The lowest BCUT2D eigenvalue weighted by molar-refractivity contribution is 0.0816. The van der Waals surface area contributed by atoms with E-state index in [1.807, 2.05) is 20.8 Å². The minimum atomic E-state index is -0.314. The molecule has 0 spiro atoms. The third-order valence-corrected chi connectivity index (χ3v) is 2.68. The zero-order valence-corrected chi connectivity index (χ0v) is 12.8. The summed E-state index contributed by atoms with van der Waals surface area (Å²) < 4.78 is 11.6. The normalized spacial score (nSPS) is 14.8. The lowest BCUT2D eigenvalue weighted by atomic mass is 10.2. The highest BCUT2D eigenvalue weighted by Gasteiger charge is 2.27. The number of pyridine rings is 1. The van der Waals surface area contributed by atoms with Gasteiger partial charge in [-0.3, -0.25) is 4.79 Å². The second-order valence-corrected chi connectivity index (χ2v) is 6.25. The Morgan fingerprint density at radius 1 is 1.35 bits per heavy atom. The Balaban J connectivity index is 2.29. The van der Waals surface area contributed by atoms with Crippen molar-refractivity contribution in [3.63, 3.8) is 0 Å². The molecule has 0 atom stereocenters. The van der Waals surface area contributed by atoms with E-state index in [-0.39, 0.29) is 17.6 Å². The van der Waals surface area contributed by atoms with E-state index >= 15 is 0 Å². The van der Waals surface area contributed by atoms with Crippen LogP contribution < -0.4 is 9.47 Å². The number of carbonyl (C=O) groups is 1. The van der Waals surface area contributed by atoms with Crippen molar-refractivity contribution in [2.75, 3.05) is 14.1 Å². The van der Waals surface area contributed by atoms with Crippen LogP contribution in [0.1, 0.15) is 44.1 Å². The van der Waals surface area contributed by atoms with Gasteiger partial charge < -0.3 is 14.4 Å². The molecule has 0 unspecified atom stereocenters. The van der Waals surface area contributed by atoms with Crippen LogP contribution in [0.3, 0.4) is 0 Å². The van der Waals surface area contributed by atoms with Crippen molar-refractivity contribution in [2.45, 2.75) is 45.3 Å². The molecule has 1 aromatic rings. The fourth-order valence-corrected chi connectivity index (χ4v) is 1.66. The summed E-state index contributed by atoms with van der Waals surface area (Å²) in [5.74, 6) is 0.958. The highest BCUT2D eigenvalue weighted by molar-refractivity contribution is 5.94. The van der Waals surface area contributed by atoms with Crippen molar-refractivity contribution in [1.82, 2.24) is 9.88 Å². The maximum atomic E-state index is 12.1. The van der Waals surface area contributed by atoms with Crippen LogP contribution in [0.2, 0.25) is 0 Å². The van der Waals surface area contributed by atoms with Gasteiger partial charge in [0.1, 0.15) is 11.4 Å². The van der Waals surface area contributed by atoms with E-state index in [4.69, 9.17) is 9.47 Å². The predicted molar refractivity (Wildman–Crippen MR) is 76.3 cm³/mol. The zero-order valence-electron chi connectivity index (χ0n) is 12.8. The summed E-state index contributed by atoms with van der Waals surface area (Å²) in [5, 5.41) is 0. The minimum Gasteiger partial charge on any atom is -0.488 e. The van der Waals surface area contributed by atoms with Crippen LogP contribution in [-0.2, 0) is 0 Å². The maximum Gasteiger partial charge on any atom is 0.275 e. The van der Waals surface area contributed by atoms with Crippen molar-refractivity contribution in [1.29, 1.82) is 0 Å². The molecular formula is C15H22N2O3. The van der Waals surface area contributed by atoms with Crippen molar-refractivity contribution in [2.24, 2.45) is 0 Å². The van der Waals surface area contributed by atoms with Gasteiger partial charge in [0.05, 0.1) is 12.3 Å². The number of carbonyl (C=O) groups excluding carboxylic acids is 1. The minimum absolute atomic E-state index is 0.164. The van der Waals surface area contributed by atoms with Crippen LogP contribution in [0.15, 0.2) is 12.3 Å². The first-order valence-electron chi connectivity index (χ1n) is 6.83. The molecule has 1 heterocycles. The molecule has 0 bridgehead atoms. The molecule has 0 radical (unpaired) electrons. The zero-order chi connectivity index (χ0) is 14.9. The second kappa shape index (κ2) is 5.31. The lowest BCUT2D eigenvalue weighted by Gasteiger charge is -2.22. The van der Waals surface area contributed by atoms with E-state index in [1.165, 1.54) is 4.90 Å². The quantitative estimate of drug-likeness (QED) is 0.849. The standard InChI is InChI=1S/C15H22N2O3/c1-15(2,3)20-11-8-12(19-10-6-7-10)13(16-9-11)14(18)17(4)5/h8-10H,6-7H2,1-5H3. The van der Waals surface area contributed by atoms with Crippen LogP contribution in [-0.4, -0.2) is 41.6 Å². The van der Waals surface area contributed by atoms with Gasteiger partial charge in [-0.25, -0.2) is 4.98 Å². The highest BCUT2D eigenvalue weighted by Crippen LogP contribution is 2.32. The molecule has 110 valence electrons. The van der Waals surface area contributed by atoms with Gasteiger partial charge in [0, 0.05) is 20.2 Å². The Hall–Kier alpha value is -1.78. The molecule has 1 aromatic heterocycles. The maximum absolute atomic E-state index is 12.1. The van der Waals surface area contributed by atoms with Gasteiger partial charge in [-0.05, 0) is 33.6 Å². The molecule has 0 aromatic carbocycles. The van der Waals surface area contributed by atoms with Gasteiger partial charge in [-0.1, -0.05) is 0 Å².